The average molecular weight is 264 g/mol. The minimum Gasteiger partial charge on any atom is -0.459 e. The van der Waals surface area contributed by atoms with Crippen LogP contribution in [0.2, 0.25) is 5.02 Å². The Morgan fingerprint density at radius 2 is 2.06 bits per heavy atom. The number of rotatable bonds is 4. The SMILES string of the molecule is CCC(NC)c1ccc(-c2cccc(Cl)c2C)o1. The molecule has 1 heterocycles. The van der Waals surface area contributed by atoms with E-state index in [4.69, 9.17) is 16.0 Å². The van der Waals surface area contributed by atoms with E-state index in [1.165, 1.54) is 0 Å². The fourth-order valence-electron chi connectivity index (χ4n) is 2.11. The second kappa shape index (κ2) is 5.59. The van der Waals surface area contributed by atoms with E-state index in [1.807, 2.05) is 44.3 Å². The monoisotopic (exact) mass is 263 g/mol. The summed E-state index contributed by atoms with van der Waals surface area (Å²) in [5.41, 5.74) is 2.11. The minimum absolute atomic E-state index is 0.262. The van der Waals surface area contributed by atoms with Crippen molar-refractivity contribution in [1.29, 1.82) is 0 Å². The van der Waals surface area contributed by atoms with Gasteiger partial charge in [-0.3, -0.25) is 0 Å². The van der Waals surface area contributed by atoms with Crippen molar-refractivity contribution in [2.24, 2.45) is 0 Å². The predicted molar refractivity (Wildman–Crippen MR) is 76.0 cm³/mol. The fourth-order valence-corrected chi connectivity index (χ4v) is 2.28. The van der Waals surface area contributed by atoms with E-state index in [0.717, 1.165) is 34.1 Å². The van der Waals surface area contributed by atoms with Crippen molar-refractivity contribution < 1.29 is 4.42 Å². The second-order valence-electron chi connectivity index (χ2n) is 4.36. The summed E-state index contributed by atoms with van der Waals surface area (Å²) in [6.07, 6.45) is 0.998. The van der Waals surface area contributed by atoms with Gasteiger partial charge in [0.15, 0.2) is 0 Å². The van der Waals surface area contributed by atoms with E-state index in [-0.39, 0.29) is 6.04 Å². The van der Waals surface area contributed by atoms with Gasteiger partial charge in [0.2, 0.25) is 0 Å². The molecule has 2 aromatic rings. The van der Waals surface area contributed by atoms with Crippen molar-refractivity contribution in [2.75, 3.05) is 7.05 Å². The van der Waals surface area contributed by atoms with Gasteiger partial charge in [-0.2, -0.15) is 0 Å². The van der Waals surface area contributed by atoms with E-state index in [1.54, 1.807) is 0 Å². The molecule has 1 aromatic carbocycles. The molecule has 0 bridgehead atoms. The summed E-state index contributed by atoms with van der Waals surface area (Å²) in [5.74, 6) is 1.84. The van der Waals surface area contributed by atoms with Crippen molar-refractivity contribution in [1.82, 2.24) is 5.32 Å². The fraction of sp³-hybridized carbons (Fsp3) is 0.333. The third-order valence-corrected chi connectivity index (χ3v) is 3.67. The van der Waals surface area contributed by atoms with Crippen LogP contribution in [0.1, 0.15) is 30.7 Å². The first-order chi connectivity index (χ1) is 8.67. The molecule has 0 aliphatic heterocycles. The third kappa shape index (κ3) is 2.45. The summed E-state index contributed by atoms with van der Waals surface area (Å²) in [6.45, 7) is 4.14. The molecule has 1 N–H and O–H groups in total. The molecule has 0 aliphatic carbocycles. The van der Waals surface area contributed by atoms with Crippen LogP contribution in [0.5, 0.6) is 0 Å². The molecule has 1 unspecified atom stereocenters. The first kappa shape index (κ1) is 13.2. The Labute approximate surface area is 113 Å². The van der Waals surface area contributed by atoms with Crippen LogP contribution in [0, 0.1) is 6.92 Å². The minimum atomic E-state index is 0.262. The highest BCUT2D eigenvalue weighted by atomic mass is 35.5. The van der Waals surface area contributed by atoms with Crippen molar-refractivity contribution >= 4 is 11.6 Å². The summed E-state index contributed by atoms with van der Waals surface area (Å²) in [6, 6.07) is 10.2. The highest BCUT2D eigenvalue weighted by Gasteiger charge is 2.14. The Morgan fingerprint density at radius 3 is 2.72 bits per heavy atom. The largest absolute Gasteiger partial charge is 0.459 e. The maximum Gasteiger partial charge on any atom is 0.134 e. The Kier molecular flexibility index (Phi) is 4.10. The molecule has 0 amide bonds. The van der Waals surface area contributed by atoms with Crippen LogP contribution in [0.4, 0.5) is 0 Å². The molecule has 0 saturated heterocycles. The molecular weight excluding hydrogens is 246 g/mol. The molecule has 18 heavy (non-hydrogen) atoms. The van der Waals surface area contributed by atoms with Crippen LogP contribution in [-0.2, 0) is 0 Å². The van der Waals surface area contributed by atoms with Crippen molar-refractivity contribution in [3.63, 3.8) is 0 Å². The lowest BCUT2D eigenvalue weighted by Crippen LogP contribution is -2.14. The Morgan fingerprint density at radius 1 is 1.28 bits per heavy atom. The molecule has 1 atom stereocenters. The lowest BCUT2D eigenvalue weighted by molar-refractivity contribution is 0.431. The van der Waals surface area contributed by atoms with E-state index in [0.29, 0.717) is 0 Å². The molecule has 96 valence electrons. The van der Waals surface area contributed by atoms with Crippen LogP contribution < -0.4 is 5.32 Å². The zero-order chi connectivity index (χ0) is 13.1. The summed E-state index contributed by atoms with van der Waals surface area (Å²) < 4.78 is 5.93. The summed E-state index contributed by atoms with van der Waals surface area (Å²) in [5, 5.41) is 4.01. The van der Waals surface area contributed by atoms with E-state index < -0.39 is 0 Å². The van der Waals surface area contributed by atoms with Gasteiger partial charge in [0.1, 0.15) is 11.5 Å². The maximum atomic E-state index is 6.13. The van der Waals surface area contributed by atoms with E-state index >= 15 is 0 Å². The number of benzene rings is 1. The van der Waals surface area contributed by atoms with Gasteiger partial charge >= 0.3 is 0 Å². The zero-order valence-electron chi connectivity index (χ0n) is 11.0. The Bertz CT molecular complexity index is 529. The smallest absolute Gasteiger partial charge is 0.134 e. The average Bonchev–Trinajstić information content (AvgIpc) is 2.84. The molecule has 2 rings (SSSR count). The lowest BCUT2D eigenvalue weighted by atomic mass is 10.1. The molecule has 1 aromatic heterocycles. The summed E-state index contributed by atoms with van der Waals surface area (Å²) in [7, 11) is 1.95. The summed E-state index contributed by atoms with van der Waals surface area (Å²) in [4.78, 5) is 0. The number of nitrogens with one attached hydrogen (secondary N) is 1. The Hall–Kier alpha value is -1.25. The van der Waals surface area contributed by atoms with Crippen LogP contribution in [0.3, 0.4) is 0 Å². The number of hydrogen-bond donors (Lipinski definition) is 1. The standard InChI is InChI=1S/C15H18ClNO/c1-4-13(17-3)15-9-8-14(18-15)11-6-5-7-12(16)10(11)2/h5-9,13,17H,4H2,1-3H3. The van der Waals surface area contributed by atoms with Crippen molar-refractivity contribution in [3.05, 3.63) is 46.7 Å². The molecule has 0 aliphatic rings. The highest BCUT2D eigenvalue weighted by Crippen LogP contribution is 2.31. The third-order valence-electron chi connectivity index (χ3n) is 3.26. The molecule has 0 spiro atoms. The van der Waals surface area contributed by atoms with Gasteiger partial charge in [0.05, 0.1) is 6.04 Å². The topological polar surface area (TPSA) is 25.2 Å². The zero-order valence-corrected chi connectivity index (χ0v) is 11.7. The van der Waals surface area contributed by atoms with Crippen LogP contribution in [-0.4, -0.2) is 7.05 Å². The van der Waals surface area contributed by atoms with E-state index in [9.17, 15) is 0 Å². The van der Waals surface area contributed by atoms with Gasteiger partial charge in [0.25, 0.3) is 0 Å². The van der Waals surface area contributed by atoms with Gasteiger partial charge in [0, 0.05) is 10.6 Å². The van der Waals surface area contributed by atoms with Gasteiger partial charge < -0.3 is 9.73 Å². The molecule has 0 radical (unpaired) electrons. The molecule has 0 saturated carbocycles. The second-order valence-corrected chi connectivity index (χ2v) is 4.77. The van der Waals surface area contributed by atoms with Gasteiger partial charge in [-0.25, -0.2) is 0 Å². The van der Waals surface area contributed by atoms with Crippen molar-refractivity contribution in [2.45, 2.75) is 26.3 Å². The Balaban J connectivity index is 2.38. The molecular formula is C15H18ClNO. The highest BCUT2D eigenvalue weighted by molar-refractivity contribution is 6.31. The maximum absolute atomic E-state index is 6.13. The number of hydrogen-bond acceptors (Lipinski definition) is 2. The first-order valence-electron chi connectivity index (χ1n) is 6.19. The predicted octanol–water partition coefficient (Wildman–Crippen LogP) is 4.58. The van der Waals surface area contributed by atoms with Gasteiger partial charge in [-0.15, -0.1) is 0 Å². The van der Waals surface area contributed by atoms with Crippen LogP contribution >= 0.6 is 11.6 Å². The van der Waals surface area contributed by atoms with Crippen molar-refractivity contribution in [3.8, 4) is 11.3 Å². The number of halogens is 1. The van der Waals surface area contributed by atoms with Crippen LogP contribution in [0.25, 0.3) is 11.3 Å². The first-order valence-corrected chi connectivity index (χ1v) is 6.57. The van der Waals surface area contributed by atoms with Gasteiger partial charge in [-0.1, -0.05) is 30.7 Å². The van der Waals surface area contributed by atoms with Crippen LogP contribution in [0.15, 0.2) is 34.7 Å². The molecule has 3 heteroatoms. The van der Waals surface area contributed by atoms with Gasteiger partial charge in [-0.05, 0) is 44.2 Å². The molecule has 2 nitrogen and oxygen atoms in total. The summed E-state index contributed by atoms with van der Waals surface area (Å²) >= 11 is 6.13. The van der Waals surface area contributed by atoms with E-state index in [2.05, 4.69) is 12.2 Å². The quantitative estimate of drug-likeness (QED) is 0.874. The lowest BCUT2D eigenvalue weighted by Gasteiger charge is -2.10. The molecule has 0 fully saturated rings. The number of furan rings is 1. The normalized spacial score (nSPS) is 12.7.